The third-order valence-electron chi connectivity index (χ3n) is 8.61. The maximum Gasteiger partial charge on any atom is 0.321 e. The fourth-order valence-electron chi connectivity index (χ4n) is 5.65. The van der Waals surface area contributed by atoms with Gasteiger partial charge in [-0.05, 0) is 50.3 Å². The monoisotopic (exact) mass is 665 g/mol. The number of pyridine rings is 1. The van der Waals surface area contributed by atoms with Crippen molar-refractivity contribution in [2.45, 2.75) is 84.6 Å². The van der Waals surface area contributed by atoms with E-state index in [0.717, 1.165) is 5.39 Å². The summed E-state index contributed by atoms with van der Waals surface area (Å²) in [7, 11) is 0. The Labute approximate surface area is 278 Å². The lowest BCUT2D eigenvalue weighted by Gasteiger charge is -2.37. The summed E-state index contributed by atoms with van der Waals surface area (Å²) in [6.45, 7) is 6.95. The predicted octanol–water partition coefficient (Wildman–Crippen LogP) is 2.28. The molecule has 1 aromatic carbocycles. The summed E-state index contributed by atoms with van der Waals surface area (Å²) >= 11 is 0. The van der Waals surface area contributed by atoms with Crippen molar-refractivity contribution in [3.63, 3.8) is 0 Å². The normalized spacial score (nSPS) is 29.7. The van der Waals surface area contributed by atoms with Crippen molar-refractivity contribution in [3.8, 4) is 0 Å². The summed E-state index contributed by atoms with van der Waals surface area (Å²) in [6, 6.07) is 7.27. The molecule has 5 bridgehead atoms. The van der Waals surface area contributed by atoms with Gasteiger partial charge in [0.05, 0.1) is 30.5 Å². The van der Waals surface area contributed by atoms with Crippen LogP contribution in [0.1, 0.15) is 71.2 Å². The van der Waals surface area contributed by atoms with Crippen molar-refractivity contribution in [3.05, 3.63) is 47.7 Å². The maximum atomic E-state index is 14.0. The first-order valence-corrected chi connectivity index (χ1v) is 16.3. The van der Waals surface area contributed by atoms with Crippen LogP contribution in [0, 0.1) is 11.3 Å². The number of carbonyl (C=O) groups excluding carboxylic acids is 5. The van der Waals surface area contributed by atoms with Crippen molar-refractivity contribution < 1.29 is 42.9 Å². The number of hydrazine groups is 1. The number of ether oxygens (including phenoxy) is 4. The molecule has 4 atom stereocenters. The fraction of sp³-hybridized carbons (Fsp3) is 0.529. The van der Waals surface area contributed by atoms with E-state index in [9.17, 15) is 24.0 Å². The zero-order valence-corrected chi connectivity index (χ0v) is 27.8. The molecular weight excluding hydrogens is 622 g/mol. The Morgan fingerprint density at radius 1 is 1.04 bits per heavy atom. The predicted molar refractivity (Wildman–Crippen MR) is 172 cm³/mol. The Morgan fingerprint density at radius 3 is 2.46 bits per heavy atom. The molecule has 1 aromatic heterocycles. The molecule has 2 fully saturated rings. The molecule has 3 amide bonds. The first-order chi connectivity index (χ1) is 22.9. The molecule has 4 heterocycles. The number of rotatable bonds is 3. The van der Waals surface area contributed by atoms with Crippen molar-refractivity contribution in [1.29, 1.82) is 0 Å². The van der Waals surface area contributed by atoms with E-state index >= 15 is 0 Å². The van der Waals surface area contributed by atoms with Gasteiger partial charge in [-0.3, -0.25) is 34.0 Å². The van der Waals surface area contributed by atoms with Gasteiger partial charge in [-0.25, -0.2) is 5.43 Å². The Bertz CT molecular complexity index is 1590. The molecular formula is C34H43N5O9. The largest absolute Gasteiger partial charge is 0.451 e. The lowest BCUT2D eigenvalue weighted by Crippen LogP contribution is -2.61. The van der Waals surface area contributed by atoms with Crippen LogP contribution in [0.25, 0.3) is 17.0 Å². The minimum Gasteiger partial charge on any atom is -0.451 e. The summed E-state index contributed by atoms with van der Waals surface area (Å²) in [5.41, 5.74) is 3.51. The van der Waals surface area contributed by atoms with Crippen molar-refractivity contribution in [2.24, 2.45) is 11.3 Å². The number of nitrogens with zero attached hydrogens (tertiary/aromatic N) is 2. The molecule has 3 aliphatic heterocycles. The number of carbonyl (C=O) groups is 5. The summed E-state index contributed by atoms with van der Waals surface area (Å²) in [5.74, 6) is -3.17. The van der Waals surface area contributed by atoms with E-state index < -0.39 is 65.8 Å². The number of fused-ring (bicyclic) bond motifs is 4. The van der Waals surface area contributed by atoms with E-state index in [4.69, 9.17) is 23.9 Å². The third-order valence-corrected chi connectivity index (χ3v) is 8.61. The summed E-state index contributed by atoms with van der Waals surface area (Å²) in [4.78, 5) is 70.8. The Kier molecular flexibility index (Phi) is 10.8. The maximum absolute atomic E-state index is 14.0. The van der Waals surface area contributed by atoms with E-state index in [1.165, 1.54) is 11.9 Å². The molecule has 0 saturated carbocycles. The van der Waals surface area contributed by atoms with Crippen molar-refractivity contribution in [2.75, 3.05) is 19.8 Å². The van der Waals surface area contributed by atoms with Crippen LogP contribution in [0.2, 0.25) is 0 Å². The second-order valence-electron chi connectivity index (χ2n) is 12.8. The van der Waals surface area contributed by atoms with Gasteiger partial charge in [-0.2, -0.15) is 0 Å². The van der Waals surface area contributed by atoms with Crippen LogP contribution in [0.5, 0.6) is 0 Å². The van der Waals surface area contributed by atoms with E-state index in [1.807, 2.05) is 37.3 Å². The number of hydrogen-bond donors (Lipinski definition) is 3. The van der Waals surface area contributed by atoms with Crippen LogP contribution in [0.4, 0.5) is 0 Å². The van der Waals surface area contributed by atoms with Gasteiger partial charge in [0.25, 0.3) is 11.8 Å². The molecule has 3 aliphatic rings. The zero-order chi connectivity index (χ0) is 34.6. The highest BCUT2D eigenvalue weighted by Crippen LogP contribution is 2.32. The van der Waals surface area contributed by atoms with Crippen LogP contribution >= 0.6 is 0 Å². The van der Waals surface area contributed by atoms with Gasteiger partial charge < -0.3 is 29.6 Å². The Balaban J connectivity index is 1.51. The number of hydrogen-bond acceptors (Lipinski definition) is 11. The molecule has 258 valence electrons. The highest BCUT2D eigenvalue weighted by atomic mass is 16.9. The summed E-state index contributed by atoms with van der Waals surface area (Å²) in [6.07, 6.45) is 3.24. The fourth-order valence-corrected chi connectivity index (χ4v) is 5.65. The number of esters is 2. The molecule has 3 N–H and O–H groups in total. The Morgan fingerprint density at radius 2 is 1.75 bits per heavy atom. The third kappa shape index (κ3) is 7.83. The van der Waals surface area contributed by atoms with Crippen LogP contribution in [-0.2, 0) is 42.9 Å². The van der Waals surface area contributed by atoms with E-state index in [2.05, 4.69) is 16.1 Å². The van der Waals surface area contributed by atoms with Crippen LogP contribution in [0.15, 0.2) is 36.4 Å². The number of benzene rings is 1. The average molecular weight is 666 g/mol. The molecule has 2 aromatic rings. The summed E-state index contributed by atoms with van der Waals surface area (Å²) < 4.78 is 22.3. The molecule has 1 spiro atoms. The topological polar surface area (TPSA) is 174 Å². The molecule has 14 nitrogen and oxygen atoms in total. The van der Waals surface area contributed by atoms with E-state index in [0.29, 0.717) is 36.2 Å². The lowest BCUT2D eigenvalue weighted by atomic mass is 9.88. The van der Waals surface area contributed by atoms with E-state index in [1.54, 1.807) is 32.9 Å². The smallest absolute Gasteiger partial charge is 0.321 e. The minimum atomic E-state index is -1.52. The lowest BCUT2D eigenvalue weighted by molar-refractivity contribution is -0.317. The molecule has 5 rings (SSSR count). The van der Waals surface area contributed by atoms with Gasteiger partial charge in [-0.15, -0.1) is 0 Å². The Hall–Kier alpha value is -4.40. The van der Waals surface area contributed by atoms with Crippen LogP contribution in [-0.4, -0.2) is 84.1 Å². The molecule has 0 radical (unpaired) electrons. The first-order valence-electron chi connectivity index (χ1n) is 16.3. The van der Waals surface area contributed by atoms with Gasteiger partial charge in [0.2, 0.25) is 5.91 Å². The standard InChI is InChI=1S/C34H43N5O9/c1-6-27(40)47-33-45-17-34(18-46-33)14-13-22-9-10-23-11-12-24(37-26(23)16-22)20(4)35-29(41)25-8-7-15-39(38-25)31(43)21(5)36-30(42)28(19(2)3)48-32(34)44/h9-14,16,19-21,25,28,33,38H,6-8,15,17-18H2,1-5H3,(H,35,41)(H,36,42)/b14-13+/t20-,21+,25+,28+,33-,34+/m1/s1. The number of cyclic esters (lactones) is 1. The quantitative estimate of drug-likeness (QED) is 0.411. The minimum absolute atomic E-state index is 0.111. The number of aromatic nitrogens is 1. The molecule has 2 saturated heterocycles. The number of nitrogens with one attached hydrogen (secondary N) is 3. The highest BCUT2D eigenvalue weighted by Gasteiger charge is 2.46. The van der Waals surface area contributed by atoms with Crippen molar-refractivity contribution in [1.82, 2.24) is 26.1 Å². The highest BCUT2D eigenvalue weighted by molar-refractivity contribution is 5.92. The zero-order valence-electron chi connectivity index (χ0n) is 27.8. The van der Waals surface area contributed by atoms with Gasteiger partial charge in [-0.1, -0.05) is 51.1 Å². The first kappa shape index (κ1) is 34.9. The molecule has 14 heteroatoms. The van der Waals surface area contributed by atoms with Gasteiger partial charge in [0, 0.05) is 18.4 Å². The molecule has 48 heavy (non-hydrogen) atoms. The van der Waals surface area contributed by atoms with Crippen LogP contribution in [0.3, 0.4) is 0 Å². The summed E-state index contributed by atoms with van der Waals surface area (Å²) in [5, 5.41) is 7.89. The molecule has 0 aliphatic carbocycles. The second kappa shape index (κ2) is 14.8. The van der Waals surface area contributed by atoms with Gasteiger partial charge >= 0.3 is 18.4 Å². The SMILES string of the molecule is CCC(=O)O[C@H]1OC[C@]2(/C=C/c3ccc4ccc(nc4c3)[C@@H](C)NC(=O)[C@@H]3CCCN(N3)C(=O)[C@H](C)NC(=O)[C@H](C(C)C)OC2=O)CO1. The van der Waals surface area contributed by atoms with E-state index in [-0.39, 0.29) is 25.5 Å². The number of amides is 3. The van der Waals surface area contributed by atoms with Crippen molar-refractivity contribution >= 4 is 46.6 Å². The second-order valence-corrected chi connectivity index (χ2v) is 12.8. The van der Waals surface area contributed by atoms with Gasteiger partial charge in [0.1, 0.15) is 17.5 Å². The molecule has 0 unspecified atom stereocenters. The average Bonchev–Trinajstić information content (AvgIpc) is 3.08. The van der Waals surface area contributed by atoms with Gasteiger partial charge in [0.15, 0.2) is 6.10 Å². The van der Waals surface area contributed by atoms with Crippen LogP contribution < -0.4 is 16.1 Å².